The number of rotatable bonds is 4. The third-order valence-electron chi connectivity index (χ3n) is 9.86. The maximum Gasteiger partial charge on any atom is -0.0152 e. The number of hydrogen-bond donors (Lipinski definition) is 0. The average Bonchev–Trinajstić information content (AvgIpc) is 3.20. The Morgan fingerprint density at radius 3 is 0.839 bits per heavy atom. The summed E-state index contributed by atoms with van der Waals surface area (Å²) in [6, 6.07) is 68.6. The number of benzene rings is 8. The smallest absolute Gasteiger partial charge is 0.0152 e. The Labute approximate surface area is 337 Å². The van der Waals surface area contributed by atoms with Gasteiger partial charge in [-0.3, -0.25) is 0 Å². The van der Waals surface area contributed by atoms with Gasteiger partial charge < -0.3 is 0 Å². The molecule has 280 valence electrons. The van der Waals surface area contributed by atoms with Crippen LogP contribution in [-0.4, -0.2) is 0 Å². The lowest BCUT2D eigenvalue weighted by Gasteiger charge is -2.08. The predicted octanol–water partition coefficient (Wildman–Crippen LogP) is 15.9. The molecule has 0 unspecified atom stereocenters. The standard InChI is InChI=1S/4C14H14/c1-11-5-3-7-13(9-11)14-8-4-6-12(2)10-14;1-11-7-3-5-9-13(11)14-10-6-4-8-12(14)2;1-11-6-8-13(9-7-11)14-5-3-4-12(2)10-14;1-11-7-9-13(10-8-11)14-6-4-3-5-12(14)2/h4*3-10H,1-2H3. The van der Waals surface area contributed by atoms with E-state index in [1.807, 2.05) is 0 Å². The van der Waals surface area contributed by atoms with Gasteiger partial charge in [-0.05, 0) is 117 Å². The molecule has 0 heteroatoms. The van der Waals surface area contributed by atoms with Gasteiger partial charge >= 0.3 is 0 Å². The van der Waals surface area contributed by atoms with Crippen molar-refractivity contribution >= 4 is 0 Å². The molecule has 0 saturated carbocycles. The molecule has 0 bridgehead atoms. The zero-order chi connectivity index (χ0) is 39.9. The average molecular weight is 729 g/mol. The minimum absolute atomic E-state index is 1.29. The largest absolute Gasteiger partial charge is 0.0620 e. The fourth-order valence-corrected chi connectivity index (χ4v) is 6.60. The van der Waals surface area contributed by atoms with Gasteiger partial charge in [0, 0.05) is 0 Å². The van der Waals surface area contributed by atoms with Gasteiger partial charge in [-0.2, -0.15) is 0 Å². The molecule has 0 radical (unpaired) electrons. The summed E-state index contributed by atoms with van der Waals surface area (Å²) in [6.45, 7) is 17.1. The van der Waals surface area contributed by atoms with Gasteiger partial charge in [0.25, 0.3) is 0 Å². The van der Waals surface area contributed by atoms with Gasteiger partial charge in [-0.1, -0.05) is 222 Å². The van der Waals surface area contributed by atoms with Crippen LogP contribution >= 0.6 is 0 Å². The Bertz CT molecular complexity index is 2340. The third kappa shape index (κ3) is 12.1. The number of hydrogen-bond acceptors (Lipinski definition) is 0. The normalized spacial score (nSPS) is 10.1. The summed E-state index contributed by atoms with van der Waals surface area (Å²) in [4.78, 5) is 0. The van der Waals surface area contributed by atoms with Crippen LogP contribution < -0.4 is 0 Å². The van der Waals surface area contributed by atoms with Crippen molar-refractivity contribution in [3.63, 3.8) is 0 Å². The molecule has 0 aliphatic rings. The highest BCUT2D eigenvalue weighted by molar-refractivity contribution is 5.70. The summed E-state index contributed by atoms with van der Waals surface area (Å²) in [7, 11) is 0. The molecule has 0 amide bonds. The second-order valence-electron chi connectivity index (χ2n) is 14.8. The molecular formula is C56H56. The SMILES string of the molecule is Cc1ccc(-c2cccc(C)c2)cc1.Cc1ccc(-c2ccccc2C)cc1.Cc1cccc(-c2cccc(C)c2)c1.Cc1ccccc1-c1ccccc1C. The van der Waals surface area contributed by atoms with E-state index < -0.39 is 0 Å². The molecule has 0 aliphatic heterocycles. The molecule has 0 aliphatic carbocycles. The van der Waals surface area contributed by atoms with E-state index in [1.54, 1.807) is 0 Å². The lowest BCUT2D eigenvalue weighted by molar-refractivity contribution is 1.41. The van der Waals surface area contributed by atoms with Crippen LogP contribution in [0.4, 0.5) is 0 Å². The van der Waals surface area contributed by atoms with Gasteiger partial charge in [0.15, 0.2) is 0 Å². The third-order valence-corrected chi connectivity index (χ3v) is 9.86. The van der Waals surface area contributed by atoms with Crippen molar-refractivity contribution < 1.29 is 0 Å². The summed E-state index contributed by atoms with van der Waals surface area (Å²) in [5, 5.41) is 0. The Balaban J connectivity index is 0.000000143. The number of aryl methyl sites for hydroxylation is 8. The lowest BCUT2D eigenvalue weighted by atomic mass is 9.97. The molecule has 0 atom stereocenters. The summed E-state index contributed by atoms with van der Waals surface area (Å²) in [6.07, 6.45) is 0. The van der Waals surface area contributed by atoms with E-state index in [0.717, 1.165) is 0 Å². The van der Waals surface area contributed by atoms with Gasteiger partial charge in [0.05, 0.1) is 0 Å². The fraction of sp³-hybridized carbons (Fsp3) is 0.143. The second-order valence-corrected chi connectivity index (χ2v) is 14.8. The minimum Gasteiger partial charge on any atom is -0.0620 e. The van der Waals surface area contributed by atoms with Crippen molar-refractivity contribution in [3.05, 3.63) is 239 Å². The van der Waals surface area contributed by atoms with Gasteiger partial charge in [-0.15, -0.1) is 0 Å². The Morgan fingerprint density at radius 2 is 0.500 bits per heavy atom. The first-order valence-corrected chi connectivity index (χ1v) is 19.6. The monoisotopic (exact) mass is 728 g/mol. The second kappa shape index (κ2) is 20.4. The molecule has 0 heterocycles. The van der Waals surface area contributed by atoms with Crippen LogP contribution in [0.2, 0.25) is 0 Å². The first kappa shape index (κ1) is 40.9. The Hall–Kier alpha value is -6.24. The van der Waals surface area contributed by atoms with Crippen molar-refractivity contribution in [2.24, 2.45) is 0 Å². The summed E-state index contributed by atoms with van der Waals surface area (Å²) >= 11 is 0. The van der Waals surface area contributed by atoms with Crippen LogP contribution in [0, 0.1) is 55.4 Å². The molecule has 8 aromatic rings. The molecule has 56 heavy (non-hydrogen) atoms. The van der Waals surface area contributed by atoms with Gasteiger partial charge in [-0.25, -0.2) is 0 Å². The van der Waals surface area contributed by atoms with E-state index in [2.05, 4.69) is 250 Å². The molecular weight excluding hydrogens is 673 g/mol. The van der Waals surface area contributed by atoms with Crippen molar-refractivity contribution in [2.45, 2.75) is 55.4 Å². The molecule has 0 saturated heterocycles. The van der Waals surface area contributed by atoms with E-state index in [1.165, 1.54) is 89.0 Å². The van der Waals surface area contributed by atoms with E-state index >= 15 is 0 Å². The molecule has 0 fully saturated rings. The zero-order valence-corrected chi connectivity index (χ0v) is 34.5. The topological polar surface area (TPSA) is 0 Å². The predicted molar refractivity (Wildman–Crippen MR) is 245 cm³/mol. The van der Waals surface area contributed by atoms with Crippen molar-refractivity contribution in [1.82, 2.24) is 0 Å². The molecule has 0 N–H and O–H groups in total. The van der Waals surface area contributed by atoms with Crippen LogP contribution in [0.25, 0.3) is 44.5 Å². The zero-order valence-electron chi connectivity index (χ0n) is 34.5. The van der Waals surface area contributed by atoms with Crippen LogP contribution in [0.3, 0.4) is 0 Å². The maximum atomic E-state index is 2.22. The Morgan fingerprint density at radius 1 is 0.196 bits per heavy atom. The van der Waals surface area contributed by atoms with E-state index in [-0.39, 0.29) is 0 Å². The van der Waals surface area contributed by atoms with E-state index in [4.69, 9.17) is 0 Å². The van der Waals surface area contributed by atoms with Crippen molar-refractivity contribution in [2.75, 3.05) is 0 Å². The van der Waals surface area contributed by atoms with Crippen LogP contribution in [0.5, 0.6) is 0 Å². The molecule has 0 aromatic heterocycles. The summed E-state index contributed by atoms with van der Waals surface area (Å²) < 4.78 is 0. The maximum absolute atomic E-state index is 2.22. The minimum atomic E-state index is 1.29. The lowest BCUT2D eigenvalue weighted by Crippen LogP contribution is -1.85. The molecule has 0 nitrogen and oxygen atoms in total. The quantitative estimate of drug-likeness (QED) is 0.169. The summed E-state index contributed by atoms with van der Waals surface area (Å²) in [5.74, 6) is 0. The van der Waals surface area contributed by atoms with Crippen molar-refractivity contribution in [3.8, 4) is 44.5 Å². The Kier molecular flexibility index (Phi) is 14.9. The highest BCUT2D eigenvalue weighted by atomic mass is 14.1. The van der Waals surface area contributed by atoms with Crippen LogP contribution in [-0.2, 0) is 0 Å². The van der Waals surface area contributed by atoms with Gasteiger partial charge in [0.1, 0.15) is 0 Å². The summed E-state index contributed by atoms with van der Waals surface area (Å²) in [5.41, 5.74) is 21.0. The highest BCUT2D eigenvalue weighted by Crippen LogP contribution is 2.26. The van der Waals surface area contributed by atoms with Crippen LogP contribution in [0.1, 0.15) is 44.5 Å². The van der Waals surface area contributed by atoms with Crippen molar-refractivity contribution in [1.29, 1.82) is 0 Å². The first-order valence-electron chi connectivity index (χ1n) is 19.6. The molecule has 0 spiro atoms. The first-order chi connectivity index (χ1) is 27.1. The molecule has 8 rings (SSSR count). The van der Waals surface area contributed by atoms with Gasteiger partial charge in [0.2, 0.25) is 0 Å². The van der Waals surface area contributed by atoms with Crippen LogP contribution in [0.15, 0.2) is 194 Å². The van der Waals surface area contributed by atoms with E-state index in [9.17, 15) is 0 Å². The fourth-order valence-electron chi connectivity index (χ4n) is 6.60. The van der Waals surface area contributed by atoms with E-state index in [0.29, 0.717) is 0 Å². The molecule has 8 aromatic carbocycles. The highest BCUT2D eigenvalue weighted by Gasteiger charge is 2.03.